The van der Waals surface area contributed by atoms with E-state index in [1.807, 2.05) is 17.5 Å². The van der Waals surface area contributed by atoms with Gasteiger partial charge in [0.1, 0.15) is 0 Å². The summed E-state index contributed by atoms with van der Waals surface area (Å²) in [5, 5.41) is 9.81. The van der Waals surface area contributed by atoms with Gasteiger partial charge in [0.2, 0.25) is 5.91 Å². The van der Waals surface area contributed by atoms with Gasteiger partial charge >= 0.3 is 11.8 Å². The summed E-state index contributed by atoms with van der Waals surface area (Å²) in [6.45, 7) is 3.17. The second-order valence-corrected chi connectivity index (χ2v) is 6.43. The van der Waals surface area contributed by atoms with Crippen LogP contribution >= 0.6 is 22.9 Å². The average molecular weight is 366 g/mol. The maximum absolute atomic E-state index is 12.0. The van der Waals surface area contributed by atoms with Crippen LogP contribution in [0.4, 0.5) is 11.4 Å². The summed E-state index contributed by atoms with van der Waals surface area (Å²) in [6, 6.07) is 8.06. The highest BCUT2D eigenvalue weighted by molar-refractivity contribution is 7.10. The van der Waals surface area contributed by atoms with E-state index in [2.05, 4.69) is 16.0 Å². The van der Waals surface area contributed by atoms with Gasteiger partial charge in [0.15, 0.2) is 0 Å². The van der Waals surface area contributed by atoms with Gasteiger partial charge in [-0.2, -0.15) is 0 Å². The summed E-state index contributed by atoms with van der Waals surface area (Å²) in [5.74, 6) is -1.78. The maximum Gasteiger partial charge on any atom is 0.313 e. The fourth-order valence-corrected chi connectivity index (χ4v) is 2.90. The lowest BCUT2D eigenvalue weighted by molar-refractivity contribution is -0.136. The lowest BCUT2D eigenvalue weighted by atomic mass is 10.2. The van der Waals surface area contributed by atoms with Crippen LogP contribution in [0.15, 0.2) is 35.7 Å². The molecule has 24 heavy (non-hydrogen) atoms. The van der Waals surface area contributed by atoms with Crippen molar-refractivity contribution >= 4 is 52.0 Å². The molecule has 2 aromatic rings. The highest BCUT2D eigenvalue weighted by Crippen LogP contribution is 2.25. The Labute approximate surface area is 148 Å². The molecule has 8 heteroatoms. The predicted molar refractivity (Wildman–Crippen MR) is 95.3 cm³/mol. The molecule has 1 heterocycles. The largest absolute Gasteiger partial charge is 0.340 e. The van der Waals surface area contributed by atoms with Gasteiger partial charge in [-0.15, -0.1) is 11.3 Å². The van der Waals surface area contributed by atoms with Gasteiger partial charge in [-0.1, -0.05) is 17.7 Å². The molecule has 0 aliphatic rings. The number of carbonyl (C=O) groups excluding carboxylic acids is 3. The van der Waals surface area contributed by atoms with Crippen LogP contribution in [0.3, 0.4) is 0 Å². The number of rotatable bonds is 4. The molecule has 0 spiro atoms. The molecule has 0 fully saturated rings. The van der Waals surface area contributed by atoms with E-state index in [0.717, 1.165) is 4.88 Å². The molecule has 1 unspecified atom stereocenters. The minimum atomic E-state index is -0.790. The van der Waals surface area contributed by atoms with Crippen LogP contribution in [0, 0.1) is 0 Å². The van der Waals surface area contributed by atoms with Crippen LogP contribution in [-0.4, -0.2) is 17.7 Å². The van der Waals surface area contributed by atoms with E-state index in [9.17, 15) is 14.4 Å². The van der Waals surface area contributed by atoms with E-state index in [1.54, 1.807) is 19.1 Å². The monoisotopic (exact) mass is 365 g/mol. The number of benzene rings is 1. The molecule has 0 aliphatic carbocycles. The molecule has 0 bridgehead atoms. The second-order valence-electron chi connectivity index (χ2n) is 5.04. The zero-order valence-electron chi connectivity index (χ0n) is 13.1. The number of amides is 3. The number of hydrogen-bond donors (Lipinski definition) is 3. The van der Waals surface area contributed by atoms with Crippen LogP contribution in [0.5, 0.6) is 0 Å². The topological polar surface area (TPSA) is 87.3 Å². The SMILES string of the molecule is CC(=O)Nc1ccc(NC(=O)C(=O)NC(C)c2cccs2)cc1Cl. The van der Waals surface area contributed by atoms with Crippen molar-refractivity contribution in [1.82, 2.24) is 5.32 Å². The first kappa shape index (κ1) is 18.0. The third kappa shape index (κ3) is 4.81. The highest BCUT2D eigenvalue weighted by atomic mass is 35.5. The minimum absolute atomic E-state index is 0.254. The fraction of sp³-hybridized carbons (Fsp3) is 0.188. The standard InChI is InChI=1S/C16H16ClN3O3S/c1-9(14-4-3-7-24-14)18-15(22)16(23)20-11-5-6-13(12(17)8-11)19-10(2)21/h3-9H,1-2H3,(H,18,22)(H,19,21)(H,20,23). The Morgan fingerprint density at radius 2 is 1.88 bits per heavy atom. The molecule has 0 saturated heterocycles. The molecule has 6 nitrogen and oxygen atoms in total. The van der Waals surface area contributed by atoms with Crippen LogP contribution in [0.25, 0.3) is 0 Å². The molecule has 1 atom stereocenters. The predicted octanol–water partition coefficient (Wildman–Crippen LogP) is 3.18. The van der Waals surface area contributed by atoms with E-state index in [1.165, 1.54) is 24.3 Å². The molecule has 126 valence electrons. The summed E-state index contributed by atoms with van der Waals surface area (Å²) in [7, 11) is 0. The Morgan fingerprint density at radius 3 is 2.46 bits per heavy atom. The fourth-order valence-electron chi connectivity index (χ4n) is 1.94. The Kier molecular flexibility index (Phi) is 5.94. The Morgan fingerprint density at radius 1 is 1.12 bits per heavy atom. The van der Waals surface area contributed by atoms with Gasteiger partial charge in [0.05, 0.1) is 16.8 Å². The van der Waals surface area contributed by atoms with Gasteiger partial charge in [0, 0.05) is 17.5 Å². The number of anilines is 2. The van der Waals surface area contributed by atoms with Crippen molar-refractivity contribution in [2.24, 2.45) is 0 Å². The molecule has 0 radical (unpaired) electrons. The normalized spacial score (nSPS) is 11.5. The van der Waals surface area contributed by atoms with Gasteiger partial charge < -0.3 is 16.0 Å². The van der Waals surface area contributed by atoms with E-state index in [0.29, 0.717) is 11.4 Å². The quantitative estimate of drug-likeness (QED) is 0.727. The van der Waals surface area contributed by atoms with E-state index in [4.69, 9.17) is 11.6 Å². The molecular weight excluding hydrogens is 350 g/mol. The van der Waals surface area contributed by atoms with E-state index in [-0.39, 0.29) is 17.0 Å². The van der Waals surface area contributed by atoms with Gasteiger partial charge in [-0.3, -0.25) is 14.4 Å². The van der Waals surface area contributed by atoms with Gasteiger partial charge in [-0.25, -0.2) is 0 Å². The van der Waals surface area contributed by atoms with Crippen molar-refractivity contribution in [2.45, 2.75) is 19.9 Å². The van der Waals surface area contributed by atoms with Crippen molar-refractivity contribution in [3.63, 3.8) is 0 Å². The zero-order valence-corrected chi connectivity index (χ0v) is 14.6. The van der Waals surface area contributed by atoms with E-state index >= 15 is 0 Å². The van der Waals surface area contributed by atoms with Gasteiger partial charge in [0.25, 0.3) is 0 Å². The third-order valence-corrected chi connectivity index (χ3v) is 4.43. The van der Waals surface area contributed by atoms with Crippen molar-refractivity contribution in [1.29, 1.82) is 0 Å². The summed E-state index contributed by atoms with van der Waals surface area (Å²) < 4.78 is 0. The molecule has 0 saturated carbocycles. The third-order valence-electron chi connectivity index (χ3n) is 3.06. The number of thiophene rings is 1. The maximum atomic E-state index is 12.0. The molecule has 3 N–H and O–H groups in total. The summed E-state index contributed by atoms with van der Waals surface area (Å²) in [6.07, 6.45) is 0. The Balaban J connectivity index is 1.97. The van der Waals surface area contributed by atoms with Crippen LogP contribution in [0.2, 0.25) is 5.02 Å². The van der Waals surface area contributed by atoms with Crippen molar-refractivity contribution in [3.8, 4) is 0 Å². The van der Waals surface area contributed by atoms with Crippen LogP contribution in [-0.2, 0) is 14.4 Å². The zero-order chi connectivity index (χ0) is 17.7. The first-order valence-electron chi connectivity index (χ1n) is 7.09. The van der Waals surface area contributed by atoms with Gasteiger partial charge in [-0.05, 0) is 36.6 Å². The van der Waals surface area contributed by atoms with Crippen molar-refractivity contribution in [2.75, 3.05) is 10.6 Å². The first-order valence-corrected chi connectivity index (χ1v) is 8.35. The van der Waals surface area contributed by atoms with Crippen LogP contribution < -0.4 is 16.0 Å². The number of carbonyl (C=O) groups is 3. The number of nitrogens with one attached hydrogen (secondary N) is 3. The first-order chi connectivity index (χ1) is 11.4. The summed E-state index contributed by atoms with van der Waals surface area (Å²) in [5.41, 5.74) is 0.788. The second kappa shape index (κ2) is 7.94. The number of halogens is 1. The lowest BCUT2D eigenvalue weighted by Gasteiger charge is -2.12. The molecule has 1 aromatic heterocycles. The Hall–Kier alpha value is -2.38. The summed E-state index contributed by atoms with van der Waals surface area (Å²) >= 11 is 7.52. The smallest absolute Gasteiger partial charge is 0.313 e. The molecule has 3 amide bonds. The number of hydrogen-bond acceptors (Lipinski definition) is 4. The average Bonchev–Trinajstić information content (AvgIpc) is 3.04. The summed E-state index contributed by atoms with van der Waals surface area (Å²) in [4.78, 5) is 35.9. The van der Waals surface area contributed by atoms with E-state index < -0.39 is 11.8 Å². The highest BCUT2D eigenvalue weighted by Gasteiger charge is 2.18. The molecular formula is C16H16ClN3O3S. The Bertz CT molecular complexity index is 762. The van der Waals surface area contributed by atoms with Crippen LogP contribution in [0.1, 0.15) is 24.8 Å². The van der Waals surface area contributed by atoms with Crippen molar-refractivity contribution in [3.05, 3.63) is 45.6 Å². The van der Waals surface area contributed by atoms with Crippen molar-refractivity contribution < 1.29 is 14.4 Å². The lowest BCUT2D eigenvalue weighted by Crippen LogP contribution is -2.36. The molecule has 0 aliphatic heterocycles. The minimum Gasteiger partial charge on any atom is -0.340 e. The molecule has 1 aromatic carbocycles. The molecule has 2 rings (SSSR count).